The van der Waals surface area contributed by atoms with Gasteiger partial charge in [0.2, 0.25) is 11.8 Å². The highest BCUT2D eigenvalue weighted by molar-refractivity contribution is 6.02. The summed E-state index contributed by atoms with van der Waals surface area (Å²) in [7, 11) is 0. The van der Waals surface area contributed by atoms with Gasteiger partial charge in [0.25, 0.3) is 0 Å². The first kappa shape index (κ1) is 15.1. The second kappa shape index (κ2) is 4.36. The molecule has 0 aromatic carbocycles. The fraction of sp³-hybridized carbons (Fsp3) is 0.846. The maximum atomic E-state index is 12.8. The largest absolute Gasteiger partial charge is 0.406 e. The lowest BCUT2D eigenvalue weighted by atomic mass is 9.83. The summed E-state index contributed by atoms with van der Waals surface area (Å²) in [5.41, 5.74) is -2.64. The van der Waals surface area contributed by atoms with Crippen molar-refractivity contribution in [1.82, 2.24) is 10.2 Å². The third-order valence-electron chi connectivity index (χ3n) is 4.57. The van der Waals surface area contributed by atoms with Gasteiger partial charge in [0.05, 0.1) is 0 Å². The second-order valence-electron chi connectivity index (χ2n) is 6.06. The van der Waals surface area contributed by atoms with E-state index in [1.807, 2.05) is 0 Å². The van der Waals surface area contributed by atoms with Crippen molar-refractivity contribution in [2.45, 2.75) is 57.3 Å². The Kier molecular flexibility index (Phi) is 3.30. The molecule has 114 valence electrons. The number of piperazine rings is 1. The van der Waals surface area contributed by atoms with Crippen LogP contribution < -0.4 is 5.32 Å². The number of halogens is 3. The molecule has 4 nitrogen and oxygen atoms in total. The molecule has 1 saturated carbocycles. The summed E-state index contributed by atoms with van der Waals surface area (Å²) >= 11 is 0. The number of rotatable bonds is 3. The van der Waals surface area contributed by atoms with Crippen LogP contribution in [-0.4, -0.2) is 40.5 Å². The number of carbonyl (C=O) groups is 2. The van der Waals surface area contributed by atoms with E-state index < -0.39 is 35.6 Å². The zero-order valence-corrected chi connectivity index (χ0v) is 11.8. The number of hydrogen-bond acceptors (Lipinski definition) is 2. The average molecular weight is 292 g/mol. The number of nitrogens with zero attached hydrogens (tertiary/aromatic N) is 1. The Morgan fingerprint density at radius 1 is 1.30 bits per heavy atom. The van der Waals surface area contributed by atoms with Crippen molar-refractivity contribution >= 4 is 11.8 Å². The summed E-state index contributed by atoms with van der Waals surface area (Å²) in [6.45, 7) is 3.14. The molecular weight excluding hydrogens is 273 g/mol. The van der Waals surface area contributed by atoms with Crippen molar-refractivity contribution in [3.63, 3.8) is 0 Å². The number of hydrogen-bond donors (Lipinski definition) is 1. The molecule has 2 unspecified atom stereocenters. The SMILES string of the molecule is CCC1(C)C(=O)NC(C)(C2CC2)C(=O)N1CC(F)(F)F. The Morgan fingerprint density at radius 3 is 2.25 bits per heavy atom. The number of amides is 2. The summed E-state index contributed by atoms with van der Waals surface area (Å²) < 4.78 is 38.3. The number of alkyl halides is 3. The number of carbonyl (C=O) groups excluding carboxylic acids is 2. The van der Waals surface area contributed by atoms with Gasteiger partial charge >= 0.3 is 6.18 Å². The number of nitrogens with one attached hydrogen (secondary N) is 1. The lowest BCUT2D eigenvalue weighted by Crippen LogP contribution is -2.75. The van der Waals surface area contributed by atoms with Crippen LogP contribution in [0.25, 0.3) is 0 Å². The Labute approximate surface area is 115 Å². The fourth-order valence-electron chi connectivity index (χ4n) is 2.77. The molecular formula is C13H19F3N2O2. The van der Waals surface area contributed by atoms with Crippen LogP contribution in [0.4, 0.5) is 13.2 Å². The molecule has 0 aromatic heterocycles. The Bertz CT molecular complexity index is 447. The predicted molar refractivity (Wildman–Crippen MR) is 65.7 cm³/mol. The second-order valence-corrected chi connectivity index (χ2v) is 6.06. The van der Waals surface area contributed by atoms with Crippen LogP contribution in [-0.2, 0) is 9.59 Å². The molecule has 20 heavy (non-hydrogen) atoms. The van der Waals surface area contributed by atoms with Crippen LogP contribution in [0.1, 0.15) is 40.0 Å². The van der Waals surface area contributed by atoms with E-state index in [4.69, 9.17) is 0 Å². The van der Waals surface area contributed by atoms with Crippen LogP contribution >= 0.6 is 0 Å². The van der Waals surface area contributed by atoms with Gasteiger partial charge in [-0.25, -0.2) is 0 Å². The Morgan fingerprint density at radius 2 is 1.85 bits per heavy atom. The first-order valence-corrected chi connectivity index (χ1v) is 6.76. The lowest BCUT2D eigenvalue weighted by molar-refractivity contribution is -0.187. The molecule has 1 saturated heterocycles. The van der Waals surface area contributed by atoms with Crippen LogP contribution in [0, 0.1) is 5.92 Å². The van der Waals surface area contributed by atoms with Crippen LogP contribution in [0.5, 0.6) is 0 Å². The standard InChI is InChI=1S/C13H19F3N2O2/c1-4-11(2)9(19)17-12(3,8-5-6-8)10(20)18(11)7-13(14,15)16/h8H,4-7H2,1-3H3,(H,17,19). The highest BCUT2D eigenvalue weighted by Gasteiger charge is 2.60. The molecule has 7 heteroatoms. The molecule has 2 fully saturated rings. The molecule has 1 N–H and O–H groups in total. The van der Waals surface area contributed by atoms with Gasteiger partial charge in [0.1, 0.15) is 17.6 Å². The highest BCUT2D eigenvalue weighted by atomic mass is 19.4. The van der Waals surface area contributed by atoms with E-state index in [0.717, 1.165) is 12.8 Å². The molecule has 1 aliphatic heterocycles. The van der Waals surface area contributed by atoms with E-state index in [9.17, 15) is 22.8 Å². The van der Waals surface area contributed by atoms with Crippen LogP contribution in [0.15, 0.2) is 0 Å². The molecule has 2 amide bonds. The van der Waals surface area contributed by atoms with Crippen molar-refractivity contribution in [3.05, 3.63) is 0 Å². The van der Waals surface area contributed by atoms with Crippen molar-refractivity contribution < 1.29 is 22.8 Å². The van der Waals surface area contributed by atoms with E-state index >= 15 is 0 Å². The molecule has 2 rings (SSSR count). The first-order valence-electron chi connectivity index (χ1n) is 6.76. The van der Waals surface area contributed by atoms with Gasteiger partial charge in [-0.05, 0) is 39.0 Å². The van der Waals surface area contributed by atoms with Gasteiger partial charge in [-0.15, -0.1) is 0 Å². The summed E-state index contributed by atoms with van der Waals surface area (Å²) in [5, 5.41) is 2.66. The Hall–Kier alpha value is -1.27. The van der Waals surface area contributed by atoms with Crippen LogP contribution in [0.2, 0.25) is 0 Å². The quantitative estimate of drug-likeness (QED) is 0.863. The lowest BCUT2D eigenvalue weighted by Gasteiger charge is -2.50. The minimum atomic E-state index is -4.52. The smallest absolute Gasteiger partial charge is 0.340 e. The van der Waals surface area contributed by atoms with E-state index in [1.54, 1.807) is 6.92 Å². The van der Waals surface area contributed by atoms with Gasteiger partial charge < -0.3 is 10.2 Å². The maximum Gasteiger partial charge on any atom is 0.406 e. The summed E-state index contributed by atoms with van der Waals surface area (Å²) in [6, 6.07) is 0. The molecule has 1 aliphatic carbocycles. The molecule has 0 bridgehead atoms. The van der Waals surface area contributed by atoms with Crippen molar-refractivity contribution in [1.29, 1.82) is 0 Å². The normalized spacial score (nSPS) is 35.2. The molecule has 0 spiro atoms. The summed E-state index contributed by atoms with van der Waals surface area (Å²) in [6.07, 6.45) is -2.87. The zero-order chi connectivity index (χ0) is 15.3. The third-order valence-corrected chi connectivity index (χ3v) is 4.57. The monoisotopic (exact) mass is 292 g/mol. The molecule has 1 heterocycles. The molecule has 2 atom stereocenters. The topological polar surface area (TPSA) is 49.4 Å². The molecule has 2 aliphatic rings. The van der Waals surface area contributed by atoms with Gasteiger partial charge in [0, 0.05) is 0 Å². The van der Waals surface area contributed by atoms with E-state index in [-0.39, 0.29) is 12.3 Å². The van der Waals surface area contributed by atoms with E-state index in [2.05, 4.69) is 5.32 Å². The van der Waals surface area contributed by atoms with Crippen LogP contribution in [0.3, 0.4) is 0 Å². The van der Waals surface area contributed by atoms with E-state index in [0.29, 0.717) is 4.90 Å². The molecule has 0 radical (unpaired) electrons. The van der Waals surface area contributed by atoms with Gasteiger partial charge in [-0.3, -0.25) is 9.59 Å². The van der Waals surface area contributed by atoms with Crippen molar-refractivity contribution in [2.24, 2.45) is 5.92 Å². The fourth-order valence-corrected chi connectivity index (χ4v) is 2.77. The predicted octanol–water partition coefficient (Wildman–Crippen LogP) is 1.84. The van der Waals surface area contributed by atoms with Crippen molar-refractivity contribution in [3.8, 4) is 0 Å². The molecule has 0 aromatic rings. The third kappa shape index (κ3) is 2.27. The van der Waals surface area contributed by atoms with E-state index in [1.165, 1.54) is 13.8 Å². The minimum Gasteiger partial charge on any atom is -0.340 e. The van der Waals surface area contributed by atoms with Gasteiger partial charge in [0.15, 0.2) is 0 Å². The highest BCUT2D eigenvalue weighted by Crippen LogP contribution is 2.44. The average Bonchev–Trinajstić information content (AvgIpc) is 3.15. The first-order chi connectivity index (χ1) is 9.04. The van der Waals surface area contributed by atoms with Crippen molar-refractivity contribution in [2.75, 3.05) is 6.54 Å². The minimum absolute atomic E-state index is 0.0592. The van der Waals surface area contributed by atoms with Gasteiger partial charge in [-0.1, -0.05) is 6.92 Å². The summed E-state index contributed by atoms with van der Waals surface area (Å²) in [5.74, 6) is -1.18. The zero-order valence-electron chi connectivity index (χ0n) is 11.8. The summed E-state index contributed by atoms with van der Waals surface area (Å²) in [4.78, 5) is 25.5. The van der Waals surface area contributed by atoms with Gasteiger partial charge in [-0.2, -0.15) is 13.2 Å². The maximum absolute atomic E-state index is 12.8. The Balaban J connectivity index is 2.39.